The van der Waals surface area contributed by atoms with Gasteiger partial charge in [-0.1, -0.05) is 87.0 Å². The molecule has 0 saturated heterocycles. The molecular formula is C29H34O3. The van der Waals surface area contributed by atoms with Crippen LogP contribution in [0, 0.1) is 12.8 Å². The average Bonchev–Trinajstić information content (AvgIpc) is 2.80. The van der Waals surface area contributed by atoms with E-state index in [2.05, 4.69) is 74.5 Å². The largest absolute Gasteiger partial charge is 0.465 e. The molecule has 0 aromatic heterocycles. The maximum atomic E-state index is 11.8. The van der Waals surface area contributed by atoms with E-state index in [0.29, 0.717) is 19.4 Å². The Labute approximate surface area is 192 Å². The van der Waals surface area contributed by atoms with E-state index < -0.39 is 0 Å². The van der Waals surface area contributed by atoms with Gasteiger partial charge in [0.2, 0.25) is 0 Å². The lowest BCUT2D eigenvalue weighted by molar-refractivity contribution is -0.147. The molecule has 3 aromatic rings. The predicted molar refractivity (Wildman–Crippen MR) is 132 cm³/mol. The second-order valence-corrected chi connectivity index (χ2v) is 8.62. The molecule has 168 valence electrons. The summed E-state index contributed by atoms with van der Waals surface area (Å²) >= 11 is 0. The van der Waals surface area contributed by atoms with E-state index in [1.54, 1.807) is 0 Å². The number of hydrogen-bond donors (Lipinski definition) is 1. The van der Waals surface area contributed by atoms with E-state index in [1.807, 2.05) is 13.8 Å². The third-order valence-corrected chi connectivity index (χ3v) is 5.86. The third kappa shape index (κ3) is 5.86. The second-order valence-electron chi connectivity index (χ2n) is 8.62. The van der Waals surface area contributed by atoms with Gasteiger partial charge in [0.1, 0.15) is 0 Å². The first-order chi connectivity index (χ1) is 15.4. The monoisotopic (exact) mass is 430 g/mol. The van der Waals surface area contributed by atoms with E-state index >= 15 is 0 Å². The molecule has 0 aliphatic rings. The Bertz CT molecular complexity index is 1050. The third-order valence-electron chi connectivity index (χ3n) is 5.86. The summed E-state index contributed by atoms with van der Waals surface area (Å²) in [6.45, 7) is 8.42. The van der Waals surface area contributed by atoms with Crippen molar-refractivity contribution >= 4 is 5.97 Å². The van der Waals surface area contributed by atoms with Crippen molar-refractivity contribution in [3.8, 4) is 22.3 Å². The van der Waals surface area contributed by atoms with Crippen molar-refractivity contribution in [1.82, 2.24) is 0 Å². The summed E-state index contributed by atoms with van der Waals surface area (Å²) in [5.74, 6) is -0.303. The highest BCUT2D eigenvalue weighted by atomic mass is 16.5. The fraction of sp³-hybridized carbons (Fsp3) is 0.345. The minimum Gasteiger partial charge on any atom is -0.465 e. The van der Waals surface area contributed by atoms with Crippen LogP contribution in [-0.4, -0.2) is 24.3 Å². The minimum absolute atomic E-state index is 0.101. The summed E-state index contributed by atoms with van der Waals surface area (Å²) in [5, 5.41) is 9.47. The van der Waals surface area contributed by atoms with Crippen LogP contribution in [0.4, 0.5) is 0 Å². The molecule has 3 rings (SSSR count). The number of aliphatic hydroxyl groups excluding tert-OH is 1. The topological polar surface area (TPSA) is 46.5 Å². The molecule has 32 heavy (non-hydrogen) atoms. The molecule has 1 N–H and O–H groups in total. The van der Waals surface area contributed by atoms with Crippen LogP contribution in [0.3, 0.4) is 0 Å². The quantitative estimate of drug-likeness (QED) is 0.413. The molecule has 0 fully saturated rings. The highest BCUT2D eigenvalue weighted by Crippen LogP contribution is 2.31. The number of aryl methyl sites for hydroxylation is 2. The van der Waals surface area contributed by atoms with Crippen molar-refractivity contribution in [2.45, 2.75) is 47.0 Å². The Kier molecular flexibility index (Phi) is 8.24. The summed E-state index contributed by atoms with van der Waals surface area (Å²) < 4.78 is 5.40. The Hall–Kier alpha value is -2.91. The number of carbonyl (C=O) groups excluding carboxylic acids is 1. The van der Waals surface area contributed by atoms with Gasteiger partial charge in [0.05, 0.1) is 12.5 Å². The van der Waals surface area contributed by atoms with Gasteiger partial charge < -0.3 is 9.84 Å². The van der Waals surface area contributed by atoms with E-state index in [9.17, 15) is 9.90 Å². The Morgan fingerprint density at radius 3 is 2.16 bits per heavy atom. The fourth-order valence-corrected chi connectivity index (χ4v) is 3.91. The molecule has 0 aliphatic heterocycles. The number of ether oxygens (including phenoxy) is 1. The van der Waals surface area contributed by atoms with Gasteiger partial charge in [-0.05, 0) is 58.7 Å². The van der Waals surface area contributed by atoms with Crippen LogP contribution < -0.4 is 0 Å². The molecule has 0 heterocycles. The second kappa shape index (κ2) is 11.1. The minimum atomic E-state index is -0.176. The van der Waals surface area contributed by atoms with Gasteiger partial charge >= 0.3 is 5.97 Å². The van der Waals surface area contributed by atoms with Crippen molar-refractivity contribution in [3.63, 3.8) is 0 Å². The fourth-order valence-electron chi connectivity index (χ4n) is 3.91. The molecule has 0 atom stereocenters. The average molecular weight is 431 g/mol. The van der Waals surface area contributed by atoms with Crippen LogP contribution in [0.15, 0.2) is 60.7 Å². The Morgan fingerprint density at radius 2 is 1.50 bits per heavy atom. The molecule has 0 amide bonds. The van der Waals surface area contributed by atoms with Crippen molar-refractivity contribution in [1.29, 1.82) is 0 Å². The van der Waals surface area contributed by atoms with Crippen LogP contribution in [-0.2, 0) is 28.8 Å². The predicted octanol–water partition coefficient (Wildman–Crippen LogP) is 6.17. The zero-order chi connectivity index (χ0) is 23.1. The standard InChI is InChI=1S/C29H34O3/c1-5-22-18-25(23-8-6-21(4)7-9-23)12-13-28(22)27-11-10-24(14-16-30)26(19-27)15-17-32-29(31)20(2)3/h6-13,18-20,30H,5,14-17H2,1-4H3. The summed E-state index contributed by atoms with van der Waals surface area (Å²) in [4.78, 5) is 11.8. The smallest absolute Gasteiger partial charge is 0.308 e. The van der Waals surface area contributed by atoms with E-state index in [-0.39, 0.29) is 18.5 Å². The van der Waals surface area contributed by atoms with Gasteiger partial charge in [0, 0.05) is 13.0 Å². The molecule has 0 radical (unpaired) electrons. The van der Waals surface area contributed by atoms with E-state index in [4.69, 9.17) is 4.74 Å². The molecule has 0 spiro atoms. The van der Waals surface area contributed by atoms with Gasteiger partial charge in [0.15, 0.2) is 0 Å². The number of benzene rings is 3. The van der Waals surface area contributed by atoms with Gasteiger partial charge in [-0.2, -0.15) is 0 Å². The van der Waals surface area contributed by atoms with Crippen LogP contribution in [0.2, 0.25) is 0 Å². The maximum Gasteiger partial charge on any atom is 0.308 e. The highest BCUT2D eigenvalue weighted by molar-refractivity contribution is 5.74. The first kappa shape index (κ1) is 23.7. The summed E-state index contributed by atoms with van der Waals surface area (Å²) in [5.41, 5.74) is 9.62. The SMILES string of the molecule is CCc1cc(-c2ccc(C)cc2)ccc1-c1ccc(CCO)c(CCOC(=O)C(C)C)c1. The summed E-state index contributed by atoms with van der Waals surface area (Å²) in [6, 6.07) is 21.7. The van der Waals surface area contributed by atoms with E-state index in [1.165, 1.54) is 27.8 Å². The van der Waals surface area contributed by atoms with Crippen LogP contribution in [0.5, 0.6) is 0 Å². The highest BCUT2D eigenvalue weighted by Gasteiger charge is 2.12. The van der Waals surface area contributed by atoms with Crippen molar-refractivity contribution in [2.75, 3.05) is 13.2 Å². The molecular weight excluding hydrogens is 396 g/mol. The zero-order valence-corrected chi connectivity index (χ0v) is 19.7. The normalized spacial score (nSPS) is 11.1. The molecule has 3 nitrogen and oxygen atoms in total. The summed E-state index contributed by atoms with van der Waals surface area (Å²) in [6.07, 6.45) is 2.18. The lowest BCUT2D eigenvalue weighted by Crippen LogP contribution is -2.14. The Balaban J connectivity index is 1.90. The van der Waals surface area contributed by atoms with E-state index in [0.717, 1.165) is 23.1 Å². The number of carbonyl (C=O) groups is 1. The molecule has 0 aliphatic carbocycles. The van der Waals surface area contributed by atoms with Crippen molar-refractivity contribution in [2.24, 2.45) is 5.92 Å². The van der Waals surface area contributed by atoms with Crippen molar-refractivity contribution < 1.29 is 14.6 Å². The van der Waals surface area contributed by atoms with Crippen LogP contribution in [0.1, 0.15) is 43.0 Å². The van der Waals surface area contributed by atoms with Gasteiger partial charge in [0.25, 0.3) is 0 Å². The molecule has 3 heteroatoms. The Morgan fingerprint density at radius 1 is 0.844 bits per heavy atom. The van der Waals surface area contributed by atoms with Gasteiger partial charge in [-0.15, -0.1) is 0 Å². The van der Waals surface area contributed by atoms with Gasteiger partial charge in [-0.3, -0.25) is 4.79 Å². The molecule has 3 aromatic carbocycles. The molecule has 0 saturated carbocycles. The molecule has 0 unspecified atom stereocenters. The first-order valence-corrected chi connectivity index (χ1v) is 11.5. The van der Waals surface area contributed by atoms with Crippen LogP contribution in [0.25, 0.3) is 22.3 Å². The van der Waals surface area contributed by atoms with Crippen molar-refractivity contribution in [3.05, 3.63) is 82.9 Å². The first-order valence-electron chi connectivity index (χ1n) is 11.5. The number of hydrogen-bond acceptors (Lipinski definition) is 3. The molecule has 0 bridgehead atoms. The number of rotatable bonds is 9. The maximum absolute atomic E-state index is 11.8. The summed E-state index contributed by atoms with van der Waals surface area (Å²) in [7, 11) is 0. The van der Waals surface area contributed by atoms with Crippen LogP contribution >= 0.6 is 0 Å². The van der Waals surface area contributed by atoms with Gasteiger partial charge in [-0.25, -0.2) is 0 Å². The lowest BCUT2D eigenvalue weighted by atomic mass is 9.91. The lowest BCUT2D eigenvalue weighted by Gasteiger charge is -2.15. The number of aliphatic hydroxyl groups is 1. The number of esters is 1. The zero-order valence-electron chi connectivity index (χ0n) is 19.7.